The van der Waals surface area contributed by atoms with Crippen LogP contribution in [-0.2, 0) is 16.1 Å². The van der Waals surface area contributed by atoms with Gasteiger partial charge in [-0.1, -0.05) is 13.8 Å². The number of aryl methyl sites for hydroxylation is 2. The van der Waals surface area contributed by atoms with Gasteiger partial charge in [-0.25, -0.2) is 0 Å². The third-order valence-electron chi connectivity index (χ3n) is 3.38. The highest BCUT2D eigenvalue weighted by atomic mass is 16.4. The van der Waals surface area contributed by atoms with Crippen LogP contribution in [0.15, 0.2) is 12.4 Å². The van der Waals surface area contributed by atoms with Gasteiger partial charge >= 0.3 is 5.97 Å². The van der Waals surface area contributed by atoms with Crippen LogP contribution in [0.2, 0.25) is 0 Å². The molecule has 0 radical (unpaired) electrons. The highest BCUT2D eigenvalue weighted by Gasteiger charge is 2.34. The maximum Gasteiger partial charge on any atom is 0.311 e. The molecule has 1 heterocycles. The summed E-state index contributed by atoms with van der Waals surface area (Å²) in [5, 5.41) is 16.2. The van der Waals surface area contributed by atoms with E-state index in [0.717, 1.165) is 5.56 Å². The average molecular weight is 295 g/mol. The molecule has 0 saturated heterocycles. The molecule has 0 bridgehead atoms. The minimum absolute atomic E-state index is 0.150. The van der Waals surface area contributed by atoms with E-state index in [4.69, 9.17) is 0 Å². The predicted molar refractivity (Wildman–Crippen MR) is 79.8 cm³/mol. The van der Waals surface area contributed by atoms with Crippen molar-refractivity contribution in [3.63, 3.8) is 0 Å². The molecule has 0 aliphatic rings. The zero-order valence-corrected chi connectivity index (χ0v) is 13.2. The van der Waals surface area contributed by atoms with Crippen LogP contribution in [0.1, 0.15) is 39.2 Å². The van der Waals surface area contributed by atoms with Gasteiger partial charge in [0.15, 0.2) is 0 Å². The number of carbonyl (C=O) groups excluding carboxylic acids is 1. The summed E-state index contributed by atoms with van der Waals surface area (Å²) in [4.78, 5) is 23.2. The molecule has 0 fully saturated rings. The summed E-state index contributed by atoms with van der Waals surface area (Å²) >= 11 is 0. The number of carboxylic acid groups (broad SMARTS) is 1. The van der Waals surface area contributed by atoms with Crippen LogP contribution in [0.4, 0.5) is 0 Å². The summed E-state index contributed by atoms with van der Waals surface area (Å²) in [7, 11) is 0. The molecule has 1 rings (SSSR count). The van der Waals surface area contributed by atoms with Gasteiger partial charge in [0.1, 0.15) is 0 Å². The molecule has 1 atom stereocenters. The van der Waals surface area contributed by atoms with Gasteiger partial charge in [-0.15, -0.1) is 0 Å². The highest BCUT2D eigenvalue weighted by molar-refractivity contribution is 5.78. The number of nitrogens with zero attached hydrogens (tertiary/aromatic N) is 2. The summed E-state index contributed by atoms with van der Waals surface area (Å²) in [6, 6.07) is 0. The minimum atomic E-state index is -0.924. The number of rotatable bonds is 8. The van der Waals surface area contributed by atoms with Crippen molar-refractivity contribution in [3.05, 3.63) is 18.0 Å². The van der Waals surface area contributed by atoms with E-state index in [0.29, 0.717) is 19.4 Å². The number of aromatic nitrogens is 2. The molecular formula is C15H25N3O3. The van der Waals surface area contributed by atoms with Crippen molar-refractivity contribution < 1.29 is 14.7 Å². The molecule has 1 aromatic rings. The van der Waals surface area contributed by atoms with Crippen LogP contribution in [0, 0.1) is 18.3 Å². The van der Waals surface area contributed by atoms with Gasteiger partial charge in [0.2, 0.25) is 5.91 Å². The third kappa shape index (κ3) is 5.57. The zero-order valence-electron chi connectivity index (χ0n) is 13.2. The molecule has 2 N–H and O–H groups in total. The summed E-state index contributed by atoms with van der Waals surface area (Å²) in [5.41, 5.74) is 0.123. The fourth-order valence-electron chi connectivity index (χ4n) is 2.32. The molecule has 1 unspecified atom stereocenters. The molecule has 0 saturated carbocycles. The minimum Gasteiger partial charge on any atom is -0.481 e. The lowest BCUT2D eigenvalue weighted by molar-refractivity contribution is -0.148. The van der Waals surface area contributed by atoms with Gasteiger partial charge in [-0.05, 0) is 31.7 Å². The van der Waals surface area contributed by atoms with Crippen molar-refractivity contribution in [2.45, 2.75) is 47.1 Å². The van der Waals surface area contributed by atoms with Crippen LogP contribution in [-0.4, -0.2) is 33.3 Å². The fourth-order valence-corrected chi connectivity index (χ4v) is 2.32. The fraction of sp³-hybridized carbons (Fsp3) is 0.667. The largest absolute Gasteiger partial charge is 0.481 e. The quantitative estimate of drug-likeness (QED) is 0.766. The molecular weight excluding hydrogens is 270 g/mol. The second-order valence-corrected chi connectivity index (χ2v) is 6.27. The number of aliphatic carboxylic acids is 1. The SMILES string of the molecule is Cc1cnn(CCC(=O)NCC(C)(CC(C)C)C(=O)O)c1. The van der Waals surface area contributed by atoms with E-state index in [1.165, 1.54) is 0 Å². The standard InChI is InChI=1S/C15H25N3O3/c1-11(2)7-15(4,14(20)21)10-16-13(19)5-6-18-9-12(3)8-17-18/h8-9,11H,5-7,10H2,1-4H3,(H,16,19)(H,20,21). The van der Waals surface area contributed by atoms with Crippen molar-refractivity contribution in [3.8, 4) is 0 Å². The summed E-state index contributed by atoms with van der Waals surface area (Å²) < 4.78 is 1.71. The van der Waals surface area contributed by atoms with Crippen LogP contribution >= 0.6 is 0 Å². The first kappa shape index (κ1) is 17.2. The molecule has 1 aromatic heterocycles. The van der Waals surface area contributed by atoms with Gasteiger partial charge in [-0.2, -0.15) is 5.10 Å². The Morgan fingerprint density at radius 2 is 2.14 bits per heavy atom. The molecule has 1 amide bonds. The van der Waals surface area contributed by atoms with E-state index in [1.54, 1.807) is 17.8 Å². The Morgan fingerprint density at radius 3 is 2.62 bits per heavy atom. The summed E-state index contributed by atoms with van der Waals surface area (Å²) in [5.74, 6) is -0.770. The second-order valence-electron chi connectivity index (χ2n) is 6.27. The first-order valence-electron chi connectivity index (χ1n) is 7.22. The number of nitrogens with one attached hydrogen (secondary N) is 1. The lowest BCUT2D eigenvalue weighted by Crippen LogP contribution is -2.42. The van der Waals surface area contributed by atoms with Gasteiger partial charge in [0.05, 0.1) is 11.6 Å². The van der Waals surface area contributed by atoms with E-state index < -0.39 is 11.4 Å². The number of hydrogen-bond donors (Lipinski definition) is 2. The number of carboxylic acids is 1. The van der Waals surface area contributed by atoms with Gasteiger partial charge in [-0.3, -0.25) is 14.3 Å². The molecule has 6 nitrogen and oxygen atoms in total. The molecule has 118 valence electrons. The van der Waals surface area contributed by atoms with E-state index in [2.05, 4.69) is 10.4 Å². The summed E-state index contributed by atoms with van der Waals surface area (Å²) in [6.07, 6.45) is 4.43. The topological polar surface area (TPSA) is 84.2 Å². The Balaban J connectivity index is 2.44. The zero-order chi connectivity index (χ0) is 16.0. The maximum absolute atomic E-state index is 11.8. The Bertz CT molecular complexity index is 496. The summed E-state index contributed by atoms with van der Waals surface area (Å²) in [6.45, 7) is 8.21. The normalized spacial score (nSPS) is 14.0. The van der Waals surface area contributed by atoms with Crippen LogP contribution < -0.4 is 5.32 Å². The van der Waals surface area contributed by atoms with Gasteiger partial charge < -0.3 is 10.4 Å². The van der Waals surface area contributed by atoms with E-state index in [1.807, 2.05) is 27.0 Å². The first-order valence-corrected chi connectivity index (χ1v) is 7.22. The van der Waals surface area contributed by atoms with Crippen molar-refractivity contribution in [1.29, 1.82) is 0 Å². The highest BCUT2D eigenvalue weighted by Crippen LogP contribution is 2.25. The Labute approximate surface area is 125 Å². The van der Waals surface area contributed by atoms with Crippen LogP contribution in [0.3, 0.4) is 0 Å². The monoisotopic (exact) mass is 295 g/mol. The van der Waals surface area contributed by atoms with Crippen LogP contribution in [0.25, 0.3) is 0 Å². The van der Waals surface area contributed by atoms with Gasteiger partial charge in [0.25, 0.3) is 0 Å². The van der Waals surface area contributed by atoms with E-state index in [9.17, 15) is 14.7 Å². The van der Waals surface area contributed by atoms with Crippen molar-refractivity contribution in [1.82, 2.24) is 15.1 Å². The van der Waals surface area contributed by atoms with Crippen LogP contribution in [0.5, 0.6) is 0 Å². The Hall–Kier alpha value is -1.85. The molecule has 0 aliphatic carbocycles. The molecule has 0 aliphatic heterocycles. The van der Waals surface area contributed by atoms with E-state index in [-0.39, 0.29) is 18.4 Å². The Morgan fingerprint density at radius 1 is 1.48 bits per heavy atom. The van der Waals surface area contributed by atoms with E-state index >= 15 is 0 Å². The number of amides is 1. The third-order valence-corrected chi connectivity index (χ3v) is 3.38. The number of carbonyl (C=O) groups is 2. The molecule has 0 spiro atoms. The molecule has 21 heavy (non-hydrogen) atoms. The van der Waals surface area contributed by atoms with Crippen molar-refractivity contribution in [2.24, 2.45) is 11.3 Å². The smallest absolute Gasteiger partial charge is 0.311 e. The second kappa shape index (κ2) is 7.24. The molecule has 6 heteroatoms. The van der Waals surface area contributed by atoms with Crippen molar-refractivity contribution in [2.75, 3.05) is 6.54 Å². The predicted octanol–water partition coefficient (Wildman–Crippen LogP) is 1.83. The average Bonchev–Trinajstić information content (AvgIpc) is 2.79. The molecule has 0 aromatic carbocycles. The van der Waals surface area contributed by atoms with Gasteiger partial charge in [0, 0.05) is 25.7 Å². The number of hydrogen-bond acceptors (Lipinski definition) is 3. The lowest BCUT2D eigenvalue weighted by Gasteiger charge is -2.27. The van der Waals surface area contributed by atoms with Crippen molar-refractivity contribution >= 4 is 11.9 Å². The first-order chi connectivity index (χ1) is 9.73. The maximum atomic E-state index is 11.8. The lowest BCUT2D eigenvalue weighted by atomic mass is 9.82. The Kier molecular flexibility index (Phi) is 5.93.